The van der Waals surface area contributed by atoms with Crippen molar-refractivity contribution in [3.8, 4) is 5.69 Å². The molecule has 4 rings (SSSR count). The molecule has 6 heteroatoms. The first kappa shape index (κ1) is 15.7. The Hall–Kier alpha value is -1.76. The van der Waals surface area contributed by atoms with E-state index in [0.29, 0.717) is 33.0 Å². The van der Waals surface area contributed by atoms with Gasteiger partial charge in [-0.25, -0.2) is 9.67 Å². The zero-order valence-electron chi connectivity index (χ0n) is 14.0. The van der Waals surface area contributed by atoms with Gasteiger partial charge >= 0.3 is 0 Å². The monoisotopic (exact) mass is 329 g/mol. The lowest BCUT2D eigenvalue weighted by Gasteiger charge is -2.14. The third-order valence-corrected chi connectivity index (χ3v) is 4.56. The summed E-state index contributed by atoms with van der Waals surface area (Å²) >= 11 is 0. The fourth-order valence-electron chi connectivity index (χ4n) is 3.23. The Balaban J connectivity index is 1.74. The molecule has 0 saturated carbocycles. The van der Waals surface area contributed by atoms with Crippen molar-refractivity contribution in [2.75, 3.05) is 39.6 Å². The summed E-state index contributed by atoms with van der Waals surface area (Å²) in [6.45, 7) is 6.08. The number of benzene rings is 1. The molecule has 2 aliphatic rings. The molecule has 0 aliphatic carbocycles. The second kappa shape index (κ2) is 7.01. The van der Waals surface area contributed by atoms with E-state index in [9.17, 15) is 0 Å². The van der Waals surface area contributed by atoms with Gasteiger partial charge in [0.2, 0.25) is 0 Å². The van der Waals surface area contributed by atoms with Gasteiger partial charge in [0, 0.05) is 12.5 Å². The van der Waals surface area contributed by atoms with E-state index >= 15 is 0 Å². The Labute approximate surface area is 141 Å². The molecular weight excluding hydrogens is 306 g/mol. The van der Waals surface area contributed by atoms with Crippen LogP contribution >= 0.6 is 0 Å². The van der Waals surface area contributed by atoms with Gasteiger partial charge in [-0.2, -0.15) is 5.10 Å². The highest BCUT2D eigenvalue weighted by atomic mass is 16.5. The molecule has 24 heavy (non-hydrogen) atoms. The van der Waals surface area contributed by atoms with Gasteiger partial charge in [-0.15, -0.1) is 0 Å². The van der Waals surface area contributed by atoms with Crippen LogP contribution in [0.25, 0.3) is 5.69 Å². The molecule has 0 bridgehead atoms. The first-order chi connectivity index (χ1) is 11.8. The molecule has 0 amide bonds. The van der Waals surface area contributed by atoms with Crippen molar-refractivity contribution >= 4 is 0 Å². The zero-order valence-corrected chi connectivity index (χ0v) is 14.0. The van der Waals surface area contributed by atoms with E-state index in [1.54, 1.807) is 0 Å². The number of hydrogen-bond acceptors (Lipinski definition) is 5. The van der Waals surface area contributed by atoms with Gasteiger partial charge in [0.25, 0.3) is 0 Å². The van der Waals surface area contributed by atoms with Crippen LogP contribution in [0.4, 0.5) is 0 Å². The first-order valence-electron chi connectivity index (χ1n) is 8.58. The van der Waals surface area contributed by atoms with Crippen LogP contribution < -0.4 is 0 Å². The maximum absolute atomic E-state index is 5.68. The fourth-order valence-corrected chi connectivity index (χ4v) is 3.23. The lowest BCUT2D eigenvalue weighted by atomic mass is 10.1. The fraction of sp³-hybridized carbons (Fsp3) is 0.556. The third kappa shape index (κ3) is 3.22. The van der Waals surface area contributed by atoms with E-state index in [1.807, 2.05) is 4.68 Å². The van der Waals surface area contributed by atoms with Gasteiger partial charge in [-0.05, 0) is 31.0 Å². The maximum Gasteiger partial charge on any atom is 0.156 e. The number of nitrogens with zero attached hydrogens (tertiary/aromatic N) is 3. The number of hydrogen-bond donors (Lipinski definition) is 0. The van der Waals surface area contributed by atoms with Gasteiger partial charge in [0.1, 0.15) is 5.82 Å². The van der Waals surface area contributed by atoms with Crippen LogP contribution in [0.15, 0.2) is 24.3 Å². The molecule has 2 saturated heterocycles. The predicted molar refractivity (Wildman–Crippen MR) is 88.7 cm³/mol. The molecule has 1 aromatic carbocycles. The zero-order chi connectivity index (χ0) is 16.4. The summed E-state index contributed by atoms with van der Waals surface area (Å²) in [5.74, 6) is 2.16. The molecule has 0 spiro atoms. The summed E-state index contributed by atoms with van der Waals surface area (Å²) in [6, 6.07) is 8.34. The van der Waals surface area contributed by atoms with E-state index in [4.69, 9.17) is 24.3 Å². The molecule has 1 unspecified atom stereocenters. The standard InChI is InChI=1S/C18H23N3O3/c1-13-3-2-4-16(9-13)21-18(15-11-23-7-8-24-12-15)19-17(20-21)14-5-6-22-10-14/h2-4,9,14-15H,5-8,10-12H2,1H3. The molecule has 0 N–H and O–H groups in total. The van der Waals surface area contributed by atoms with Crippen molar-refractivity contribution in [1.29, 1.82) is 0 Å². The number of rotatable bonds is 3. The summed E-state index contributed by atoms with van der Waals surface area (Å²) in [7, 11) is 0. The van der Waals surface area contributed by atoms with Crippen molar-refractivity contribution in [1.82, 2.24) is 14.8 Å². The van der Waals surface area contributed by atoms with Crippen molar-refractivity contribution in [3.05, 3.63) is 41.5 Å². The minimum absolute atomic E-state index is 0.0941. The Morgan fingerprint density at radius 3 is 2.46 bits per heavy atom. The van der Waals surface area contributed by atoms with E-state index in [0.717, 1.165) is 30.4 Å². The smallest absolute Gasteiger partial charge is 0.156 e. The average Bonchev–Trinajstić information content (AvgIpc) is 3.19. The van der Waals surface area contributed by atoms with E-state index in [-0.39, 0.29) is 11.8 Å². The van der Waals surface area contributed by atoms with Crippen LogP contribution in [0, 0.1) is 6.92 Å². The van der Waals surface area contributed by atoms with Gasteiger partial charge in [0.15, 0.2) is 5.82 Å². The van der Waals surface area contributed by atoms with Crippen LogP contribution in [0.5, 0.6) is 0 Å². The van der Waals surface area contributed by atoms with Crippen LogP contribution in [0.2, 0.25) is 0 Å². The maximum atomic E-state index is 5.68. The van der Waals surface area contributed by atoms with Crippen LogP contribution in [0.1, 0.15) is 35.5 Å². The molecule has 1 atom stereocenters. The van der Waals surface area contributed by atoms with Crippen molar-refractivity contribution in [3.63, 3.8) is 0 Å². The quantitative estimate of drug-likeness (QED) is 0.864. The third-order valence-electron chi connectivity index (χ3n) is 4.56. The molecule has 128 valence electrons. The Morgan fingerprint density at radius 1 is 1.00 bits per heavy atom. The first-order valence-corrected chi connectivity index (χ1v) is 8.58. The molecule has 3 heterocycles. The highest BCUT2D eigenvalue weighted by Crippen LogP contribution is 2.27. The molecule has 2 aromatic rings. The van der Waals surface area contributed by atoms with Crippen molar-refractivity contribution in [2.24, 2.45) is 0 Å². The number of aromatic nitrogens is 3. The Morgan fingerprint density at radius 2 is 1.75 bits per heavy atom. The minimum Gasteiger partial charge on any atom is -0.381 e. The van der Waals surface area contributed by atoms with Crippen LogP contribution in [0.3, 0.4) is 0 Å². The van der Waals surface area contributed by atoms with Crippen LogP contribution in [-0.2, 0) is 14.2 Å². The summed E-state index contributed by atoms with van der Waals surface area (Å²) in [5.41, 5.74) is 2.24. The summed E-state index contributed by atoms with van der Waals surface area (Å²) in [5, 5.41) is 4.82. The molecule has 6 nitrogen and oxygen atoms in total. The average molecular weight is 329 g/mol. The number of aryl methyl sites for hydroxylation is 1. The molecule has 2 fully saturated rings. The number of ether oxygens (including phenoxy) is 3. The van der Waals surface area contributed by atoms with Gasteiger partial charge in [0.05, 0.1) is 44.6 Å². The lowest BCUT2D eigenvalue weighted by Crippen LogP contribution is -2.16. The normalized spacial score (nSPS) is 22.6. The summed E-state index contributed by atoms with van der Waals surface area (Å²) in [6.07, 6.45) is 0.981. The molecular formula is C18H23N3O3. The van der Waals surface area contributed by atoms with Crippen LogP contribution in [-0.4, -0.2) is 54.4 Å². The summed E-state index contributed by atoms with van der Waals surface area (Å²) in [4.78, 5) is 4.88. The molecule has 0 radical (unpaired) electrons. The van der Waals surface area contributed by atoms with Gasteiger partial charge < -0.3 is 14.2 Å². The van der Waals surface area contributed by atoms with E-state index < -0.39 is 0 Å². The second-order valence-corrected chi connectivity index (χ2v) is 6.49. The van der Waals surface area contributed by atoms with Crippen molar-refractivity contribution in [2.45, 2.75) is 25.2 Å². The Kier molecular flexibility index (Phi) is 4.60. The topological polar surface area (TPSA) is 58.4 Å². The highest BCUT2D eigenvalue weighted by molar-refractivity contribution is 5.36. The SMILES string of the molecule is Cc1cccc(-n2nc(C3CCOC3)nc2C2COCCOC2)c1. The molecule has 1 aromatic heterocycles. The van der Waals surface area contributed by atoms with Gasteiger partial charge in [-0.1, -0.05) is 12.1 Å². The van der Waals surface area contributed by atoms with E-state index in [2.05, 4.69) is 31.2 Å². The van der Waals surface area contributed by atoms with E-state index in [1.165, 1.54) is 5.56 Å². The molecule has 2 aliphatic heterocycles. The second-order valence-electron chi connectivity index (χ2n) is 6.49. The minimum atomic E-state index is 0.0941. The highest BCUT2D eigenvalue weighted by Gasteiger charge is 2.28. The van der Waals surface area contributed by atoms with Gasteiger partial charge in [-0.3, -0.25) is 0 Å². The Bertz CT molecular complexity index is 687. The largest absolute Gasteiger partial charge is 0.381 e. The predicted octanol–water partition coefficient (Wildman–Crippen LogP) is 2.21. The van der Waals surface area contributed by atoms with Crippen molar-refractivity contribution < 1.29 is 14.2 Å². The lowest BCUT2D eigenvalue weighted by molar-refractivity contribution is 0.103. The summed E-state index contributed by atoms with van der Waals surface area (Å²) < 4.78 is 18.8.